The van der Waals surface area contributed by atoms with Crippen molar-refractivity contribution >= 4 is 23.2 Å². The summed E-state index contributed by atoms with van der Waals surface area (Å²) in [5, 5.41) is 1.19. The van der Waals surface area contributed by atoms with Crippen LogP contribution in [0.3, 0.4) is 0 Å². The second-order valence-corrected chi connectivity index (χ2v) is 5.23. The van der Waals surface area contributed by atoms with Crippen LogP contribution in [0.1, 0.15) is 24.9 Å². The highest BCUT2D eigenvalue weighted by Gasteiger charge is 2.39. The Morgan fingerprint density at radius 2 is 2.00 bits per heavy atom. The van der Waals surface area contributed by atoms with Crippen molar-refractivity contribution in [3.05, 3.63) is 27.7 Å². The predicted molar refractivity (Wildman–Crippen MR) is 67.2 cm³/mol. The van der Waals surface area contributed by atoms with Gasteiger partial charge >= 0.3 is 0 Å². The minimum atomic E-state index is -0.0223. The van der Waals surface area contributed by atoms with Crippen LogP contribution in [0, 0.1) is 11.8 Å². The number of benzene rings is 1. The van der Waals surface area contributed by atoms with Crippen LogP contribution >= 0.6 is 23.2 Å². The largest absolute Gasteiger partial charge is 0.495 e. The Balaban J connectivity index is 2.30. The molecule has 0 aliphatic heterocycles. The monoisotopic (exact) mass is 259 g/mol. The van der Waals surface area contributed by atoms with Crippen LogP contribution < -0.4 is 10.5 Å². The van der Waals surface area contributed by atoms with Gasteiger partial charge in [0, 0.05) is 17.1 Å². The zero-order valence-corrected chi connectivity index (χ0v) is 10.8. The Hall–Kier alpha value is -0.440. The van der Waals surface area contributed by atoms with Crippen LogP contribution in [-0.4, -0.2) is 7.11 Å². The Morgan fingerprint density at radius 3 is 2.50 bits per heavy atom. The number of nitrogens with two attached hydrogens (primary N) is 1. The van der Waals surface area contributed by atoms with Gasteiger partial charge in [0.2, 0.25) is 0 Å². The molecule has 0 saturated heterocycles. The lowest BCUT2D eigenvalue weighted by atomic mass is 10.0. The maximum atomic E-state index is 6.18. The molecule has 1 aromatic rings. The second kappa shape index (κ2) is 4.44. The molecule has 1 fully saturated rings. The summed E-state index contributed by atoms with van der Waals surface area (Å²) in [6.07, 6.45) is 1.17. The van der Waals surface area contributed by atoms with E-state index in [1.165, 1.54) is 6.42 Å². The second-order valence-electron chi connectivity index (χ2n) is 4.41. The third kappa shape index (κ3) is 2.15. The van der Waals surface area contributed by atoms with Gasteiger partial charge in [-0.15, -0.1) is 0 Å². The molecule has 0 bridgehead atoms. The molecular formula is C12H15Cl2NO. The summed E-state index contributed by atoms with van der Waals surface area (Å²) in [6.45, 7) is 2.20. The lowest BCUT2D eigenvalue weighted by Gasteiger charge is -2.15. The molecule has 0 heterocycles. The van der Waals surface area contributed by atoms with E-state index < -0.39 is 0 Å². The first-order valence-electron chi connectivity index (χ1n) is 5.33. The minimum absolute atomic E-state index is 0.0223. The van der Waals surface area contributed by atoms with Crippen molar-refractivity contribution in [3.8, 4) is 5.75 Å². The van der Waals surface area contributed by atoms with Crippen LogP contribution in [0.5, 0.6) is 5.75 Å². The normalized spacial score (nSPS) is 25.3. The van der Waals surface area contributed by atoms with E-state index in [4.69, 9.17) is 33.7 Å². The molecule has 2 nitrogen and oxygen atoms in total. The Kier molecular flexibility index (Phi) is 3.34. The van der Waals surface area contributed by atoms with E-state index >= 15 is 0 Å². The number of methoxy groups -OCH3 is 1. The Morgan fingerprint density at radius 1 is 1.38 bits per heavy atom. The van der Waals surface area contributed by atoms with E-state index in [2.05, 4.69) is 6.92 Å². The van der Waals surface area contributed by atoms with Gasteiger partial charge in [-0.1, -0.05) is 30.1 Å². The van der Waals surface area contributed by atoms with Gasteiger partial charge in [-0.3, -0.25) is 0 Å². The molecule has 0 spiro atoms. The van der Waals surface area contributed by atoms with E-state index in [1.807, 2.05) is 6.07 Å². The molecule has 3 atom stereocenters. The summed E-state index contributed by atoms with van der Waals surface area (Å²) >= 11 is 12.2. The van der Waals surface area contributed by atoms with E-state index in [-0.39, 0.29) is 6.04 Å². The molecule has 1 aliphatic carbocycles. The van der Waals surface area contributed by atoms with Crippen molar-refractivity contribution in [2.45, 2.75) is 19.4 Å². The summed E-state index contributed by atoms with van der Waals surface area (Å²) in [5.41, 5.74) is 7.09. The highest BCUT2D eigenvalue weighted by molar-refractivity contribution is 6.34. The summed E-state index contributed by atoms with van der Waals surface area (Å²) < 4.78 is 5.10. The maximum Gasteiger partial charge on any atom is 0.138 e. The SMILES string of the molecule is COc1cc(Cl)c(C(N)C2CC2C)cc1Cl. The smallest absolute Gasteiger partial charge is 0.138 e. The van der Waals surface area contributed by atoms with Gasteiger partial charge in [0.25, 0.3) is 0 Å². The average molecular weight is 260 g/mol. The molecule has 1 aliphatic rings. The molecule has 0 aromatic heterocycles. The number of hydrogen-bond acceptors (Lipinski definition) is 2. The van der Waals surface area contributed by atoms with Crippen molar-refractivity contribution in [2.24, 2.45) is 17.6 Å². The Bertz CT molecular complexity index is 408. The van der Waals surface area contributed by atoms with Crippen LogP contribution in [0.25, 0.3) is 0 Å². The molecule has 3 unspecified atom stereocenters. The number of hydrogen-bond donors (Lipinski definition) is 1. The number of halogens is 2. The molecular weight excluding hydrogens is 245 g/mol. The number of ether oxygens (including phenoxy) is 1. The van der Waals surface area contributed by atoms with E-state index in [0.717, 1.165) is 5.56 Å². The highest BCUT2D eigenvalue weighted by Crippen LogP contribution is 2.48. The third-order valence-corrected chi connectivity index (χ3v) is 3.89. The van der Waals surface area contributed by atoms with Gasteiger partial charge in [0.1, 0.15) is 5.75 Å². The first kappa shape index (κ1) is 12.0. The zero-order chi connectivity index (χ0) is 11.9. The number of rotatable bonds is 3. The molecule has 0 radical (unpaired) electrons. The fourth-order valence-electron chi connectivity index (χ4n) is 2.04. The summed E-state index contributed by atoms with van der Waals surface area (Å²) in [4.78, 5) is 0. The molecule has 0 amide bonds. The lowest BCUT2D eigenvalue weighted by molar-refractivity contribution is 0.414. The topological polar surface area (TPSA) is 35.2 Å². The fraction of sp³-hybridized carbons (Fsp3) is 0.500. The van der Waals surface area contributed by atoms with Crippen molar-refractivity contribution in [2.75, 3.05) is 7.11 Å². The van der Waals surface area contributed by atoms with Crippen molar-refractivity contribution in [1.82, 2.24) is 0 Å². The van der Waals surface area contributed by atoms with Crippen LogP contribution in [-0.2, 0) is 0 Å². The molecule has 16 heavy (non-hydrogen) atoms. The van der Waals surface area contributed by atoms with Gasteiger partial charge in [0.05, 0.1) is 12.1 Å². The van der Waals surface area contributed by atoms with Gasteiger partial charge in [0.15, 0.2) is 0 Å². The Labute approximate surface area is 106 Å². The summed E-state index contributed by atoms with van der Waals surface area (Å²) in [7, 11) is 1.57. The predicted octanol–water partition coefficient (Wildman–Crippen LogP) is 3.66. The average Bonchev–Trinajstić information content (AvgIpc) is 2.97. The van der Waals surface area contributed by atoms with Gasteiger partial charge in [-0.2, -0.15) is 0 Å². The third-order valence-electron chi connectivity index (χ3n) is 3.26. The quantitative estimate of drug-likeness (QED) is 0.900. The van der Waals surface area contributed by atoms with Gasteiger partial charge in [-0.05, 0) is 29.9 Å². The van der Waals surface area contributed by atoms with Gasteiger partial charge in [-0.25, -0.2) is 0 Å². The van der Waals surface area contributed by atoms with Crippen LogP contribution in [0.2, 0.25) is 10.0 Å². The van der Waals surface area contributed by atoms with E-state index in [0.29, 0.717) is 27.6 Å². The minimum Gasteiger partial charge on any atom is -0.495 e. The lowest BCUT2D eigenvalue weighted by Crippen LogP contribution is -2.14. The summed E-state index contributed by atoms with van der Waals surface area (Å²) in [5.74, 6) is 1.81. The zero-order valence-electron chi connectivity index (χ0n) is 9.34. The molecule has 1 aromatic carbocycles. The van der Waals surface area contributed by atoms with Gasteiger partial charge < -0.3 is 10.5 Å². The standard InChI is InChI=1S/C12H15Cl2NO/c1-6-3-7(6)12(15)8-4-10(14)11(16-2)5-9(8)13/h4-7,12H,3,15H2,1-2H3. The molecule has 2 N–H and O–H groups in total. The summed E-state index contributed by atoms with van der Waals surface area (Å²) in [6, 6.07) is 3.52. The van der Waals surface area contributed by atoms with Crippen molar-refractivity contribution in [1.29, 1.82) is 0 Å². The highest BCUT2D eigenvalue weighted by atomic mass is 35.5. The molecule has 2 rings (SSSR count). The first-order chi connectivity index (χ1) is 7.54. The molecule has 1 saturated carbocycles. The van der Waals surface area contributed by atoms with Crippen molar-refractivity contribution < 1.29 is 4.74 Å². The fourth-order valence-corrected chi connectivity index (χ4v) is 2.57. The van der Waals surface area contributed by atoms with E-state index in [1.54, 1.807) is 13.2 Å². The molecule has 4 heteroatoms. The van der Waals surface area contributed by atoms with E-state index in [9.17, 15) is 0 Å². The van der Waals surface area contributed by atoms with Crippen LogP contribution in [0.15, 0.2) is 12.1 Å². The first-order valence-corrected chi connectivity index (χ1v) is 6.08. The van der Waals surface area contributed by atoms with Crippen LogP contribution in [0.4, 0.5) is 0 Å². The maximum absolute atomic E-state index is 6.18. The molecule has 88 valence electrons. The van der Waals surface area contributed by atoms with Crippen molar-refractivity contribution in [3.63, 3.8) is 0 Å².